The minimum Gasteiger partial charge on any atom is -0.467 e. The summed E-state index contributed by atoms with van der Waals surface area (Å²) in [5.41, 5.74) is 0. The molecule has 3 unspecified atom stereocenters. The lowest BCUT2D eigenvalue weighted by Gasteiger charge is -2.28. The molecule has 6 nitrogen and oxygen atoms in total. The number of carbonyl (C=O) groups excluding carboxylic acids is 2. The average Bonchev–Trinajstić information content (AvgIpc) is 3.36. The van der Waals surface area contributed by atoms with E-state index in [1.54, 1.807) is 17.0 Å². The molecule has 2 amide bonds. The Hall–Kier alpha value is -1.82. The Morgan fingerprint density at radius 1 is 1.32 bits per heavy atom. The van der Waals surface area contributed by atoms with E-state index in [-0.39, 0.29) is 29.8 Å². The Morgan fingerprint density at radius 3 is 2.76 bits per heavy atom. The lowest BCUT2D eigenvalue weighted by atomic mass is 10.1. The van der Waals surface area contributed by atoms with Gasteiger partial charge in [0.2, 0.25) is 11.8 Å². The highest BCUT2D eigenvalue weighted by molar-refractivity contribution is 5.89. The van der Waals surface area contributed by atoms with Crippen LogP contribution in [0.4, 0.5) is 0 Å². The molecule has 6 heteroatoms. The number of hydrogen-bond acceptors (Lipinski definition) is 4. The van der Waals surface area contributed by atoms with Crippen LogP contribution >= 0.6 is 0 Å². The molecule has 2 aliphatic rings. The van der Waals surface area contributed by atoms with Crippen LogP contribution in [0.3, 0.4) is 0 Å². The van der Waals surface area contributed by atoms with Crippen molar-refractivity contribution >= 4 is 11.8 Å². The Kier molecular flexibility index (Phi) is 5.78. The number of aliphatic hydroxyl groups is 1. The van der Waals surface area contributed by atoms with Gasteiger partial charge in [-0.3, -0.25) is 9.59 Å². The largest absolute Gasteiger partial charge is 0.467 e. The van der Waals surface area contributed by atoms with Crippen molar-refractivity contribution in [3.05, 3.63) is 24.2 Å². The second-order valence-electron chi connectivity index (χ2n) is 7.35. The first-order valence-electron chi connectivity index (χ1n) is 9.38. The maximum absolute atomic E-state index is 12.7. The molecule has 2 N–H and O–H groups in total. The lowest BCUT2D eigenvalue weighted by Crippen LogP contribution is -2.49. The molecule has 1 saturated heterocycles. The molecular weight excluding hydrogens is 320 g/mol. The molecule has 0 spiro atoms. The SMILES string of the molecule is CC(CC(O)c1ccco1)NC(=O)C1CCCN1C(=O)C1CCCC1. The fourth-order valence-corrected chi connectivity index (χ4v) is 4.04. The Bertz CT molecular complexity index is 580. The van der Waals surface area contributed by atoms with Gasteiger partial charge in [0.25, 0.3) is 0 Å². The van der Waals surface area contributed by atoms with Gasteiger partial charge in [-0.15, -0.1) is 0 Å². The number of aliphatic hydroxyl groups excluding tert-OH is 1. The summed E-state index contributed by atoms with van der Waals surface area (Å²) in [6.07, 6.45) is 6.88. The molecule has 3 atom stereocenters. The van der Waals surface area contributed by atoms with Crippen molar-refractivity contribution in [2.75, 3.05) is 6.54 Å². The number of amides is 2. The van der Waals surface area contributed by atoms with Gasteiger partial charge in [0, 0.05) is 24.9 Å². The highest BCUT2D eigenvalue weighted by Gasteiger charge is 2.38. The first-order valence-corrected chi connectivity index (χ1v) is 9.38. The summed E-state index contributed by atoms with van der Waals surface area (Å²) in [6.45, 7) is 2.54. The highest BCUT2D eigenvalue weighted by Crippen LogP contribution is 2.30. The zero-order valence-corrected chi connectivity index (χ0v) is 14.8. The number of rotatable bonds is 6. The lowest BCUT2D eigenvalue weighted by molar-refractivity contribution is -0.141. The van der Waals surface area contributed by atoms with Crippen LogP contribution in [0.5, 0.6) is 0 Å². The van der Waals surface area contributed by atoms with Crippen molar-refractivity contribution in [2.45, 2.75) is 70.1 Å². The van der Waals surface area contributed by atoms with E-state index in [9.17, 15) is 14.7 Å². The molecule has 138 valence electrons. The van der Waals surface area contributed by atoms with Crippen LogP contribution in [-0.2, 0) is 9.59 Å². The number of hydrogen-bond donors (Lipinski definition) is 2. The maximum atomic E-state index is 12.7. The summed E-state index contributed by atoms with van der Waals surface area (Å²) in [5, 5.41) is 13.1. The third-order valence-corrected chi connectivity index (χ3v) is 5.38. The number of nitrogens with zero attached hydrogens (tertiary/aromatic N) is 1. The zero-order valence-electron chi connectivity index (χ0n) is 14.8. The molecule has 1 aromatic rings. The molecule has 25 heavy (non-hydrogen) atoms. The van der Waals surface area contributed by atoms with Crippen LogP contribution in [0.15, 0.2) is 22.8 Å². The molecule has 1 aliphatic carbocycles. The van der Waals surface area contributed by atoms with Crippen LogP contribution < -0.4 is 5.32 Å². The second kappa shape index (κ2) is 8.04. The standard InChI is InChI=1S/C19H28N2O4/c1-13(12-16(22)17-9-5-11-25-17)20-18(23)15-8-4-10-21(15)19(24)14-6-2-3-7-14/h5,9,11,13-16,22H,2-4,6-8,10,12H2,1H3,(H,20,23). The normalized spacial score (nSPS) is 23.6. The van der Waals surface area contributed by atoms with Gasteiger partial charge >= 0.3 is 0 Å². The Morgan fingerprint density at radius 2 is 2.08 bits per heavy atom. The predicted molar refractivity (Wildman–Crippen MR) is 92.6 cm³/mol. The molecule has 0 radical (unpaired) electrons. The van der Waals surface area contributed by atoms with Crippen LogP contribution in [0.1, 0.15) is 63.7 Å². The average molecular weight is 348 g/mol. The smallest absolute Gasteiger partial charge is 0.243 e. The molecule has 2 fully saturated rings. The quantitative estimate of drug-likeness (QED) is 0.827. The summed E-state index contributed by atoms with van der Waals surface area (Å²) in [7, 11) is 0. The maximum Gasteiger partial charge on any atom is 0.243 e. The van der Waals surface area contributed by atoms with Gasteiger partial charge < -0.3 is 19.7 Å². The molecular formula is C19H28N2O4. The van der Waals surface area contributed by atoms with Gasteiger partial charge in [0.05, 0.1) is 6.26 Å². The van der Waals surface area contributed by atoms with Crippen LogP contribution in [0.2, 0.25) is 0 Å². The van der Waals surface area contributed by atoms with E-state index < -0.39 is 6.10 Å². The number of likely N-dealkylation sites (tertiary alicyclic amines) is 1. The van der Waals surface area contributed by atoms with E-state index in [0.29, 0.717) is 18.7 Å². The van der Waals surface area contributed by atoms with Gasteiger partial charge in [0.15, 0.2) is 0 Å². The van der Waals surface area contributed by atoms with Crippen molar-refractivity contribution in [1.82, 2.24) is 10.2 Å². The monoisotopic (exact) mass is 348 g/mol. The van der Waals surface area contributed by atoms with Crippen molar-refractivity contribution in [3.8, 4) is 0 Å². The van der Waals surface area contributed by atoms with Gasteiger partial charge in [-0.2, -0.15) is 0 Å². The predicted octanol–water partition coefficient (Wildman–Crippen LogP) is 2.39. The van der Waals surface area contributed by atoms with E-state index in [1.165, 1.54) is 6.26 Å². The van der Waals surface area contributed by atoms with Gasteiger partial charge in [-0.1, -0.05) is 12.8 Å². The minimum absolute atomic E-state index is 0.103. The second-order valence-corrected chi connectivity index (χ2v) is 7.35. The highest BCUT2D eigenvalue weighted by atomic mass is 16.4. The summed E-state index contributed by atoms with van der Waals surface area (Å²) in [5.74, 6) is 0.646. The first kappa shape index (κ1) is 18.0. The fraction of sp³-hybridized carbons (Fsp3) is 0.684. The summed E-state index contributed by atoms with van der Waals surface area (Å²) < 4.78 is 5.19. The molecule has 1 aliphatic heterocycles. The van der Waals surface area contributed by atoms with Crippen molar-refractivity contribution in [2.24, 2.45) is 5.92 Å². The molecule has 2 heterocycles. The third-order valence-electron chi connectivity index (χ3n) is 5.38. The summed E-state index contributed by atoms with van der Waals surface area (Å²) in [6, 6.07) is 2.89. The van der Waals surface area contributed by atoms with E-state index >= 15 is 0 Å². The number of furan rings is 1. The number of carbonyl (C=O) groups is 2. The topological polar surface area (TPSA) is 82.8 Å². The van der Waals surface area contributed by atoms with E-state index in [0.717, 1.165) is 38.5 Å². The molecule has 1 aromatic heterocycles. The first-order chi connectivity index (χ1) is 12.1. The van der Waals surface area contributed by atoms with Crippen LogP contribution in [0, 0.1) is 5.92 Å². The minimum atomic E-state index is -0.745. The summed E-state index contributed by atoms with van der Waals surface area (Å²) >= 11 is 0. The molecule has 3 rings (SSSR count). The van der Waals surface area contributed by atoms with Crippen molar-refractivity contribution in [3.63, 3.8) is 0 Å². The molecule has 1 saturated carbocycles. The van der Waals surface area contributed by atoms with Gasteiger partial charge in [-0.25, -0.2) is 0 Å². The number of nitrogens with one attached hydrogen (secondary N) is 1. The third kappa shape index (κ3) is 4.24. The van der Waals surface area contributed by atoms with Crippen LogP contribution in [-0.4, -0.2) is 40.4 Å². The van der Waals surface area contributed by atoms with E-state index in [2.05, 4.69) is 5.32 Å². The van der Waals surface area contributed by atoms with Crippen molar-refractivity contribution < 1.29 is 19.1 Å². The van der Waals surface area contributed by atoms with E-state index in [4.69, 9.17) is 4.42 Å². The van der Waals surface area contributed by atoms with Gasteiger partial charge in [0.1, 0.15) is 17.9 Å². The van der Waals surface area contributed by atoms with Gasteiger partial charge in [-0.05, 0) is 44.7 Å². The van der Waals surface area contributed by atoms with E-state index in [1.807, 2.05) is 6.92 Å². The zero-order chi connectivity index (χ0) is 17.8. The Labute approximate surface area is 148 Å². The fourth-order valence-electron chi connectivity index (χ4n) is 4.04. The molecule has 0 aromatic carbocycles. The summed E-state index contributed by atoms with van der Waals surface area (Å²) in [4.78, 5) is 27.1. The molecule has 0 bridgehead atoms. The Balaban J connectivity index is 1.53. The van der Waals surface area contributed by atoms with Crippen molar-refractivity contribution in [1.29, 1.82) is 0 Å². The van der Waals surface area contributed by atoms with Crippen LogP contribution in [0.25, 0.3) is 0 Å².